The van der Waals surface area contributed by atoms with Gasteiger partial charge < -0.3 is 15.2 Å². The van der Waals surface area contributed by atoms with Gasteiger partial charge in [0.15, 0.2) is 17.8 Å². The first-order valence-electron chi connectivity index (χ1n) is 11.9. The van der Waals surface area contributed by atoms with Crippen molar-refractivity contribution in [3.63, 3.8) is 0 Å². The van der Waals surface area contributed by atoms with Gasteiger partial charge in [-0.2, -0.15) is 0 Å². The first-order chi connectivity index (χ1) is 16.1. The van der Waals surface area contributed by atoms with Gasteiger partial charge in [-0.25, -0.2) is 0 Å². The third-order valence-electron chi connectivity index (χ3n) is 5.00. The summed E-state index contributed by atoms with van der Waals surface area (Å²) >= 11 is 0. The van der Waals surface area contributed by atoms with Crippen LogP contribution in [0, 0.1) is 0 Å². The molecule has 180 valence electrons. The number of rotatable bonds is 17. The smallest absolute Gasteiger partial charge is 0.224 e. The predicted octanol–water partition coefficient (Wildman–Crippen LogP) is 7.30. The molecule has 0 saturated carbocycles. The lowest BCUT2D eigenvalue weighted by molar-refractivity contribution is -0.116. The Kier molecular flexibility index (Phi) is 15.7. The van der Waals surface area contributed by atoms with E-state index in [-0.39, 0.29) is 28.7 Å². The van der Waals surface area contributed by atoms with Crippen LogP contribution in [0.5, 0.6) is 11.5 Å². The van der Waals surface area contributed by atoms with E-state index < -0.39 is 0 Å². The summed E-state index contributed by atoms with van der Waals surface area (Å²) in [5.74, 6) is -0.259. The lowest BCUT2D eigenvalue weighted by atomic mass is 10.1. The summed E-state index contributed by atoms with van der Waals surface area (Å²) in [6, 6.07) is 2.81. The Morgan fingerprint density at radius 2 is 1.48 bits per heavy atom. The summed E-state index contributed by atoms with van der Waals surface area (Å²) in [5.41, 5.74) is 0.466. The normalized spacial score (nSPS) is 11.8. The number of phenolic OH excluding ortho intramolecular Hbond substituents is 1. The molecule has 0 radical (unpaired) electrons. The van der Waals surface area contributed by atoms with Gasteiger partial charge in [0.25, 0.3) is 0 Å². The molecule has 0 aliphatic heterocycles. The molecule has 1 aromatic carbocycles. The number of hydrogen-bond donors (Lipinski definition) is 2. The van der Waals surface area contributed by atoms with Crippen LogP contribution in [0.3, 0.4) is 0 Å². The van der Waals surface area contributed by atoms with Crippen LogP contribution in [0.15, 0.2) is 60.7 Å². The highest BCUT2D eigenvalue weighted by molar-refractivity contribution is 5.99. The number of ether oxygens (including phenoxy) is 1. The van der Waals surface area contributed by atoms with E-state index in [1.165, 1.54) is 44.9 Å². The molecule has 0 bridgehead atoms. The van der Waals surface area contributed by atoms with Crippen LogP contribution in [0.1, 0.15) is 81.5 Å². The number of allylic oxidation sites excluding steroid dienone is 8. The standard InChI is InChI=1S/C28H39NO4/c1-3-4-5-6-7-8-9-10-11-12-13-14-15-16-17-18-19-20-26(32)29-27-24(23-30)21-22-25(31)28(27)33-2/h7-8,10-11,13-14,16-17,21-23,31H,3-6,9,12,15,18-20H2,1-2H3,(H,29,32)/b8-7-,11-10-,14-13-,17-16-. The third-order valence-corrected chi connectivity index (χ3v) is 5.00. The number of benzene rings is 1. The number of phenols is 1. The van der Waals surface area contributed by atoms with E-state index in [4.69, 9.17) is 4.74 Å². The fourth-order valence-electron chi connectivity index (χ4n) is 3.16. The summed E-state index contributed by atoms with van der Waals surface area (Å²) in [5, 5.41) is 12.5. The van der Waals surface area contributed by atoms with Crippen LogP contribution in [-0.4, -0.2) is 24.4 Å². The van der Waals surface area contributed by atoms with Crippen LogP contribution in [-0.2, 0) is 4.79 Å². The maximum atomic E-state index is 12.2. The molecule has 0 aliphatic carbocycles. The van der Waals surface area contributed by atoms with Gasteiger partial charge in [0.1, 0.15) is 0 Å². The quantitative estimate of drug-likeness (QED) is 0.147. The van der Waals surface area contributed by atoms with Crippen molar-refractivity contribution in [3.05, 3.63) is 66.3 Å². The van der Waals surface area contributed by atoms with Gasteiger partial charge >= 0.3 is 0 Å². The van der Waals surface area contributed by atoms with Crippen molar-refractivity contribution in [1.29, 1.82) is 0 Å². The number of hydrogen-bond acceptors (Lipinski definition) is 4. The maximum absolute atomic E-state index is 12.2. The highest BCUT2D eigenvalue weighted by Crippen LogP contribution is 2.36. The number of unbranched alkanes of at least 4 members (excludes halogenated alkanes) is 4. The summed E-state index contributed by atoms with van der Waals surface area (Å²) in [7, 11) is 1.38. The van der Waals surface area contributed by atoms with Gasteiger partial charge in [0.2, 0.25) is 5.91 Å². The second-order valence-corrected chi connectivity index (χ2v) is 7.73. The first kappa shape index (κ1) is 28.0. The lowest BCUT2D eigenvalue weighted by Gasteiger charge is -2.13. The zero-order valence-electron chi connectivity index (χ0n) is 20.1. The summed E-state index contributed by atoms with van der Waals surface area (Å²) in [6.07, 6.45) is 27.7. The molecular weight excluding hydrogens is 414 g/mol. The molecule has 5 heteroatoms. The van der Waals surface area contributed by atoms with Gasteiger partial charge in [-0.05, 0) is 57.1 Å². The molecule has 2 N–H and O–H groups in total. The van der Waals surface area contributed by atoms with Crippen molar-refractivity contribution in [2.75, 3.05) is 12.4 Å². The largest absolute Gasteiger partial charge is 0.504 e. The number of nitrogens with one attached hydrogen (secondary N) is 1. The highest BCUT2D eigenvalue weighted by Gasteiger charge is 2.15. The molecule has 5 nitrogen and oxygen atoms in total. The van der Waals surface area contributed by atoms with Crippen LogP contribution in [0.2, 0.25) is 0 Å². The molecule has 0 atom stereocenters. The third kappa shape index (κ3) is 12.5. The van der Waals surface area contributed by atoms with Crippen molar-refractivity contribution in [2.24, 2.45) is 0 Å². The van der Waals surface area contributed by atoms with E-state index in [9.17, 15) is 14.7 Å². The maximum Gasteiger partial charge on any atom is 0.224 e. The van der Waals surface area contributed by atoms with Gasteiger partial charge in [0, 0.05) is 12.0 Å². The molecule has 0 unspecified atom stereocenters. The minimum atomic E-state index is -0.224. The van der Waals surface area contributed by atoms with Crippen molar-refractivity contribution < 1.29 is 19.4 Å². The predicted molar refractivity (Wildman–Crippen MR) is 137 cm³/mol. The van der Waals surface area contributed by atoms with E-state index in [1.807, 2.05) is 0 Å². The Morgan fingerprint density at radius 3 is 2.03 bits per heavy atom. The fourth-order valence-corrected chi connectivity index (χ4v) is 3.16. The Hall–Kier alpha value is -3.08. The molecule has 0 saturated heterocycles. The summed E-state index contributed by atoms with van der Waals surface area (Å²) < 4.78 is 5.11. The number of methoxy groups -OCH3 is 1. The summed E-state index contributed by atoms with van der Waals surface area (Å²) in [4.78, 5) is 23.4. The Labute approximate surface area is 198 Å². The molecule has 1 aromatic rings. The van der Waals surface area contributed by atoms with Crippen LogP contribution < -0.4 is 10.1 Å². The molecule has 0 fully saturated rings. The molecule has 0 aromatic heterocycles. The van der Waals surface area contributed by atoms with Crippen molar-refractivity contribution in [2.45, 2.75) is 71.1 Å². The number of carbonyl (C=O) groups excluding carboxylic acids is 2. The molecule has 1 rings (SSSR count). The van der Waals surface area contributed by atoms with Crippen molar-refractivity contribution >= 4 is 17.9 Å². The average molecular weight is 454 g/mol. The Bertz CT molecular complexity index is 821. The molecule has 33 heavy (non-hydrogen) atoms. The second-order valence-electron chi connectivity index (χ2n) is 7.73. The topological polar surface area (TPSA) is 75.6 Å². The highest BCUT2D eigenvalue weighted by atomic mass is 16.5. The zero-order valence-corrected chi connectivity index (χ0v) is 20.1. The van der Waals surface area contributed by atoms with Gasteiger partial charge in [-0.1, -0.05) is 68.4 Å². The lowest BCUT2D eigenvalue weighted by Crippen LogP contribution is -2.13. The van der Waals surface area contributed by atoms with Gasteiger partial charge in [-0.3, -0.25) is 9.59 Å². The number of aromatic hydroxyl groups is 1. The summed E-state index contributed by atoms with van der Waals surface area (Å²) in [6.45, 7) is 2.22. The van der Waals surface area contributed by atoms with Gasteiger partial charge in [-0.15, -0.1) is 0 Å². The van der Waals surface area contributed by atoms with E-state index >= 15 is 0 Å². The second kappa shape index (κ2) is 18.5. The van der Waals surface area contributed by atoms with E-state index in [1.54, 1.807) is 0 Å². The monoisotopic (exact) mass is 453 g/mol. The van der Waals surface area contributed by atoms with E-state index in [0.29, 0.717) is 19.1 Å². The van der Waals surface area contributed by atoms with Crippen LogP contribution in [0.4, 0.5) is 5.69 Å². The molecule has 0 aliphatic rings. The number of aldehydes is 1. The van der Waals surface area contributed by atoms with Crippen LogP contribution >= 0.6 is 0 Å². The van der Waals surface area contributed by atoms with E-state index in [0.717, 1.165) is 25.7 Å². The van der Waals surface area contributed by atoms with E-state index in [2.05, 4.69) is 60.8 Å². The first-order valence-corrected chi connectivity index (χ1v) is 11.9. The zero-order chi connectivity index (χ0) is 24.2. The molecule has 1 amide bonds. The number of amides is 1. The minimum absolute atomic E-state index is 0.0911. The molecule has 0 heterocycles. The van der Waals surface area contributed by atoms with Crippen molar-refractivity contribution in [1.82, 2.24) is 0 Å². The number of carbonyl (C=O) groups is 2. The molecular formula is C28H39NO4. The van der Waals surface area contributed by atoms with Crippen molar-refractivity contribution in [3.8, 4) is 11.5 Å². The minimum Gasteiger partial charge on any atom is -0.504 e. The Morgan fingerprint density at radius 1 is 0.909 bits per heavy atom. The van der Waals surface area contributed by atoms with Gasteiger partial charge in [0.05, 0.1) is 12.8 Å². The SMILES string of the molecule is CCCCC/C=C\C/C=C\C/C=C\C/C=C\CCCC(=O)Nc1c(C=O)ccc(O)c1OC. The fraction of sp³-hybridized carbons (Fsp3) is 0.429. The number of anilines is 1. The Balaban J connectivity index is 2.19. The molecule has 0 spiro atoms. The average Bonchev–Trinajstić information content (AvgIpc) is 2.81. The van der Waals surface area contributed by atoms with Crippen LogP contribution in [0.25, 0.3) is 0 Å².